The number of fused-ring (bicyclic) bond motifs is 1. The van der Waals surface area contributed by atoms with Crippen molar-refractivity contribution in [3.05, 3.63) is 81.9 Å². The predicted molar refractivity (Wildman–Crippen MR) is 102 cm³/mol. The highest BCUT2D eigenvalue weighted by Gasteiger charge is 2.46. The van der Waals surface area contributed by atoms with Gasteiger partial charge in [0, 0.05) is 25.2 Å². The Kier molecular flexibility index (Phi) is 3.58. The number of amides is 2. The summed E-state index contributed by atoms with van der Waals surface area (Å²) in [5, 5.41) is 0. The molecule has 2 aliphatic rings. The van der Waals surface area contributed by atoms with Gasteiger partial charge in [0.05, 0.1) is 22.5 Å². The number of carbonyl (C=O) groups excluding carboxylic acids is 2. The molecule has 2 aromatic rings. The number of hydrogen-bond donors (Lipinski definition) is 0. The maximum Gasteiger partial charge on any atom is 0.261 e. The standard InChI is InChI=1S/C22H20N2O2/c1-13-9-5-7-11-15(13)19-17-18(22(26)23(19)3)20(24(4)21(17)25)16-12-8-6-10-14(16)2/h5-12H,1-4H3. The molecule has 130 valence electrons. The van der Waals surface area contributed by atoms with Gasteiger partial charge in [-0.1, -0.05) is 48.5 Å². The Hall–Kier alpha value is -3.14. The second-order valence-corrected chi connectivity index (χ2v) is 6.81. The summed E-state index contributed by atoms with van der Waals surface area (Å²) in [5.74, 6) is -0.261. The number of benzene rings is 2. The lowest BCUT2D eigenvalue weighted by atomic mass is 9.98. The zero-order chi connectivity index (χ0) is 18.6. The molecule has 0 N–H and O–H groups in total. The van der Waals surface area contributed by atoms with Crippen LogP contribution in [0.5, 0.6) is 0 Å². The van der Waals surface area contributed by atoms with Gasteiger partial charge in [-0.05, 0) is 25.0 Å². The molecule has 2 aromatic carbocycles. The normalized spacial score (nSPS) is 16.9. The molecular weight excluding hydrogens is 324 g/mol. The fourth-order valence-corrected chi connectivity index (χ4v) is 3.84. The third kappa shape index (κ3) is 2.08. The van der Waals surface area contributed by atoms with Gasteiger partial charge in [-0.15, -0.1) is 0 Å². The van der Waals surface area contributed by atoms with Crippen LogP contribution in [0.25, 0.3) is 11.4 Å². The van der Waals surface area contributed by atoms with E-state index >= 15 is 0 Å². The average Bonchev–Trinajstić information content (AvgIpc) is 3.02. The van der Waals surface area contributed by atoms with Gasteiger partial charge < -0.3 is 9.80 Å². The van der Waals surface area contributed by atoms with E-state index in [2.05, 4.69) is 0 Å². The number of carbonyl (C=O) groups is 2. The highest BCUT2D eigenvalue weighted by Crippen LogP contribution is 2.46. The molecule has 0 saturated heterocycles. The first-order valence-electron chi connectivity index (χ1n) is 8.60. The number of likely N-dealkylation sites (N-methyl/N-ethyl adjacent to an activating group) is 2. The summed E-state index contributed by atoms with van der Waals surface area (Å²) in [7, 11) is 3.48. The summed E-state index contributed by atoms with van der Waals surface area (Å²) in [5.41, 5.74) is 6.32. The van der Waals surface area contributed by atoms with E-state index in [0.29, 0.717) is 22.5 Å². The molecule has 2 heterocycles. The highest BCUT2D eigenvalue weighted by molar-refractivity contribution is 6.30. The SMILES string of the molecule is Cc1ccccc1C1=C2C(=O)N(C)C(c3ccccc3C)=C2C(=O)N1C. The smallest absolute Gasteiger partial charge is 0.261 e. The first-order valence-corrected chi connectivity index (χ1v) is 8.60. The first kappa shape index (κ1) is 16.3. The van der Waals surface area contributed by atoms with Gasteiger partial charge in [-0.25, -0.2) is 0 Å². The van der Waals surface area contributed by atoms with Crippen molar-refractivity contribution < 1.29 is 9.59 Å². The molecule has 0 unspecified atom stereocenters. The minimum absolute atomic E-state index is 0.130. The zero-order valence-corrected chi connectivity index (χ0v) is 15.3. The Morgan fingerprint density at radius 3 is 1.31 bits per heavy atom. The van der Waals surface area contributed by atoms with E-state index in [-0.39, 0.29) is 11.8 Å². The van der Waals surface area contributed by atoms with Crippen LogP contribution in [0.4, 0.5) is 0 Å². The van der Waals surface area contributed by atoms with Gasteiger partial charge in [0.25, 0.3) is 11.8 Å². The first-order chi connectivity index (χ1) is 12.4. The molecule has 4 heteroatoms. The van der Waals surface area contributed by atoms with Crippen LogP contribution in [-0.2, 0) is 9.59 Å². The predicted octanol–water partition coefficient (Wildman–Crippen LogP) is 3.37. The second-order valence-electron chi connectivity index (χ2n) is 6.81. The van der Waals surface area contributed by atoms with E-state index in [1.54, 1.807) is 23.9 Å². The summed E-state index contributed by atoms with van der Waals surface area (Å²) < 4.78 is 0. The summed E-state index contributed by atoms with van der Waals surface area (Å²) >= 11 is 0. The molecule has 26 heavy (non-hydrogen) atoms. The van der Waals surface area contributed by atoms with Gasteiger partial charge in [0.1, 0.15) is 0 Å². The molecular formula is C22H20N2O2. The summed E-state index contributed by atoms with van der Waals surface area (Å²) in [6.07, 6.45) is 0. The van der Waals surface area contributed by atoms with Crippen molar-refractivity contribution in [2.75, 3.05) is 14.1 Å². The molecule has 0 spiro atoms. The number of nitrogens with zero attached hydrogens (tertiary/aromatic N) is 2. The van der Waals surface area contributed by atoms with Crippen molar-refractivity contribution in [1.82, 2.24) is 9.80 Å². The van der Waals surface area contributed by atoms with Crippen molar-refractivity contribution in [1.29, 1.82) is 0 Å². The molecule has 2 amide bonds. The summed E-state index contributed by atoms with van der Waals surface area (Å²) in [6, 6.07) is 15.7. The van der Waals surface area contributed by atoms with E-state index in [0.717, 1.165) is 22.3 Å². The van der Waals surface area contributed by atoms with Crippen LogP contribution < -0.4 is 0 Å². The Balaban J connectivity index is 2.05. The molecule has 0 atom stereocenters. The Morgan fingerprint density at radius 2 is 0.962 bits per heavy atom. The molecule has 0 fully saturated rings. The fourth-order valence-electron chi connectivity index (χ4n) is 3.84. The van der Waals surface area contributed by atoms with Crippen molar-refractivity contribution in [3.8, 4) is 0 Å². The monoisotopic (exact) mass is 344 g/mol. The topological polar surface area (TPSA) is 40.6 Å². The fraction of sp³-hybridized carbons (Fsp3) is 0.182. The van der Waals surface area contributed by atoms with E-state index < -0.39 is 0 Å². The van der Waals surface area contributed by atoms with Gasteiger partial charge >= 0.3 is 0 Å². The van der Waals surface area contributed by atoms with Gasteiger partial charge in [-0.3, -0.25) is 9.59 Å². The lowest BCUT2D eigenvalue weighted by molar-refractivity contribution is -0.123. The van der Waals surface area contributed by atoms with Crippen molar-refractivity contribution in [3.63, 3.8) is 0 Å². The van der Waals surface area contributed by atoms with E-state index in [1.807, 2.05) is 62.4 Å². The van der Waals surface area contributed by atoms with Crippen LogP contribution in [0, 0.1) is 13.8 Å². The summed E-state index contributed by atoms with van der Waals surface area (Å²) in [6.45, 7) is 3.99. The molecule has 4 rings (SSSR count). The molecule has 0 bridgehead atoms. The quantitative estimate of drug-likeness (QED) is 0.838. The maximum absolute atomic E-state index is 13.1. The number of rotatable bonds is 2. The summed E-state index contributed by atoms with van der Waals surface area (Å²) in [4.78, 5) is 29.4. The van der Waals surface area contributed by atoms with Gasteiger partial charge in [-0.2, -0.15) is 0 Å². The van der Waals surface area contributed by atoms with Crippen LogP contribution in [-0.4, -0.2) is 35.7 Å². The second kappa shape index (κ2) is 5.70. The molecule has 2 aliphatic heterocycles. The third-order valence-corrected chi connectivity index (χ3v) is 5.23. The van der Waals surface area contributed by atoms with Gasteiger partial charge in [0.2, 0.25) is 0 Å². The maximum atomic E-state index is 13.1. The van der Waals surface area contributed by atoms with E-state index in [1.165, 1.54) is 0 Å². The highest BCUT2D eigenvalue weighted by atomic mass is 16.2. The average molecular weight is 344 g/mol. The molecule has 0 aliphatic carbocycles. The minimum atomic E-state index is -0.130. The van der Waals surface area contributed by atoms with Crippen LogP contribution in [0.15, 0.2) is 59.7 Å². The minimum Gasteiger partial charge on any atom is -0.310 e. The lowest BCUT2D eigenvalue weighted by Gasteiger charge is -2.21. The van der Waals surface area contributed by atoms with Crippen LogP contribution in [0.1, 0.15) is 22.3 Å². The molecule has 0 radical (unpaired) electrons. The lowest BCUT2D eigenvalue weighted by Crippen LogP contribution is -2.25. The van der Waals surface area contributed by atoms with Crippen molar-refractivity contribution in [2.24, 2.45) is 0 Å². The van der Waals surface area contributed by atoms with Crippen molar-refractivity contribution in [2.45, 2.75) is 13.8 Å². The number of hydrogen-bond acceptors (Lipinski definition) is 2. The zero-order valence-electron chi connectivity index (χ0n) is 15.3. The largest absolute Gasteiger partial charge is 0.310 e. The Morgan fingerprint density at radius 1 is 0.615 bits per heavy atom. The van der Waals surface area contributed by atoms with E-state index in [9.17, 15) is 9.59 Å². The number of aryl methyl sites for hydroxylation is 2. The van der Waals surface area contributed by atoms with Crippen LogP contribution >= 0.6 is 0 Å². The molecule has 0 aromatic heterocycles. The Labute approximate surface area is 153 Å². The van der Waals surface area contributed by atoms with Crippen molar-refractivity contribution >= 4 is 23.2 Å². The van der Waals surface area contributed by atoms with E-state index in [4.69, 9.17) is 0 Å². The van der Waals surface area contributed by atoms with Gasteiger partial charge in [0.15, 0.2) is 0 Å². The van der Waals surface area contributed by atoms with Crippen LogP contribution in [0.3, 0.4) is 0 Å². The molecule has 4 nitrogen and oxygen atoms in total. The van der Waals surface area contributed by atoms with Crippen LogP contribution in [0.2, 0.25) is 0 Å². The Bertz CT molecular complexity index is 946. The third-order valence-electron chi connectivity index (χ3n) is 5.23. The molecule has 0 saturated carbocycles.